The molecule has 0 aromatic carbocycles. The predicted molar refractivity (Wildman–Crippen MR) is 78.6 cm³/mol. The SMILES string of the molecule is CCC(CSC)N(C)c1nc(C(F)(F)F)ccc1C(N)=O. The molecule has 0 aliphatic rings. The molecule has 1 atom stereocenters. The van der Waals surface area contributed by atoms with Crippen molar-refractivity contribution in [3.63, 3.8) is 0 Å². The molecule has 0 aliphatic heterocycles. The topological polar surface area (TPSA) is 59.2 Å². The quantitative estimate of drug-likeness (QED) is 0.875. The van der Waals surface area contributed by atoms with Gasteiger partial charge in [-0.25, -0.2) is 4.98 Å². The third-order valence-corrected chi connectivity index (χ3v) is 3.86. The summed E-state index contributed by atoms with van der Waals surface area (Å²) in [5.41, 5.74) is 4.19. The van der Waals surface area contributed by atoms with Gasteiger partial charge in [-0.05, 0) is 24.8 Å². The van der Waals surface area contributed by atoms with E-state index in [-0.39, 0.29) is 17.4 Å². The fourth-order valence-corrected chi connectivity index (χ4v) is 2.78. The zero-order chi connectivity index (χ0) is 16.2. The van der Waals surface area contributed by atoms with Crippen molar-refractivity contribution < 1.29 is 18.0 Å². The van der Waals surface area contributed by atoms with Crippen LogP contribution in [0.4, 0.5) is 19.0 Å². The van der Waals surface area contributed by atoms with Crippen LogP contribution >= 0.6 is 11.8 Å². The van der Waals surface area contributed by atoms with Crippen molar-refractivity contribution in [1.82, 2.24) is 4.98 Å². The highest BCUT2D eigenvalue weighted by molar-refractivity contribution is 7.98. The van der Waals surface area contributed by atoms with Gasteiger partial charge in [-0.15, -0.1) is 0 Å². The number of hydrogen-bond donors (Lipinski definition) is 1. The smallest absolute Gasteiger partial charge is 0.365 e. The second-order valence-corrected chi connectivity index (χ2v) is 5.47. The van der Waals surface area contributed by atoms with Crippen molar-refractivity contribution in [2.75, 3.05) is 24.0 Å². The molecule has 21 heavy (non-hydrogen) atoms. The molecule has 0 bridgehead atoms. The normalized spacial score (nSPS) is 13.0. The van der Waals surface area contributed by atoms with Crippen LogP contribution in [0.5, 0.6) is 0 Å². The Morgan fingerprint density at radius 3 is 2.52 bits per heavy atom. The molecule has 2 N–H and O–H groups in total. The summed E-state index contributed by atoms with van der Waals surface area (Å²) in [6.45, 7) is 1.93. The second kappa shape index (κ2) is 7.02. The molecule has 1 aromatic rings. The van der Waals surface area contributed by atoms with Crippen LogP contribution < -0.4 is 10.6 Å². The maximum absolute atomic E-state index is 12.8. The number of thioether (sulfide) groups is 1. The predicted octanol–water partition coefficient (Wildman–Crippen LogP) is 2.78. The Morgan fingerprint density at radius 2 is 2.10 bits per heavy atom. The zero-order valence-corrected chi connectivity index (χ0v) is 12.9. The van der Waals surface area contributed by atoms with Gasteiger partial charge >= 0.3 is 6.18 Å². The van der Waals surface area contributed by atoms with Gasteiger partial charge in [-0.3, -0.25) is 4.79 Å². The summed E-state index contributed by atoms with van der Waals surface area (Å²) in [5, 5.41) is 0. The van der Waals surface area contributed by atoms with Gasteiger partial charge in [-0.1, -0.05) is 6.92 Å². The highest BCUT2D eigenvalue weighted by Gasteiger charge is 2.34. The Balaban J connectivity index is 3.32. The van der Waals surface area contributed by atoms with E-state index >= 15 is 0 Å². The molecule has 0 fully saturated rings. The molecule has 118 valence electrons. The number of nitrogens with two attached hydrogens (primary N) is 1. The Morgan fingerprint density at radius 1 is 1.48 bits per heavy atom. The Kier molecular flexibility index (Phi) is 5.88. The van der Waals surface area contributed by atoms with E-state index in [4.69, 9.17) is 5.73 Å². The lowest BCUT2D eigenvalue weighted by Crippen LogP contribution is -2.36. The molecule has 1 unspecified atom stereocenters. The molecular formula is C13H18F3N3OS. The van der Waals surface area contributed by atoms with Crippen LogP contribution in [0.25, 0.3) is 0 Å². The molecule has 0 spiro atoms. The summed E-state index contributed by atoms with van der Waals surface area (Å²) >= 11 is 1.57. The molecule has 1 heterocycles. The number of carbonyl (C=O) groups is 1. The van der Waals surface area contributed by atoms with Crippen molar-refractivity contribution in [2.45, 2.75) is 25.6 Å². The first-order valence-electron chi connectivity index (χ1n) is 6.32. The summed E-state index contributed by atoms with van der Waals surface area (Å²) in [4.78, 5) is 16.6. The summed E-state index contributed by atoms with van der Waals surface area (Å²) < 4.78 is 38.4. The van der Waals surface area contributed by atoms with Gasteiger partial charge in [-0.2, -0.15) is 24.9 Å². The number of alkyl halides is 3. The third kappa shape index (κ3) is 4.26. The van der Waals surface area contributed by atoms with Gasteiger partial charge in [0.15, 0.2) is 0 Å². The first-order chi connectivity index (χ1) is 9.72. The molecule has 4 nitrogen and oxygen atoms in total. The Hall–Kier alpha value is -1.44. The van der Waals surface area contributed by atoms with Gasteiger partial charge in [0.05, 0.1) is 5.56 Å². The number of primary amides is 1. The molecule has 8 heteroatoms. The summed E-state index contributed by atoms with van der Waals surface area (Å²) in [5.74, 6) is -0.112. The number of hydrogen-bond acceptors (Lipinski definition) is 4. The standard InChI is InChI=1S/C13H18F3N3OS/c1-4-8(7-21-3)19(2)12-9(11(17)20)5-6-10(18-12)13(14,15)16/h5-6,8H,4,7H2,1-3H3,(H2,17,20). The van der Waals surface area contributed by atoms with E-state index in [2.05, 4.69) is 4.98 Å². The van der Waals surface area contributed by atoms with Crippen molar-refractivity contribution in [3.8, 4) is 0 Å². The summed E-state index contributed by atoms with van der Waals surface area (Å²) in [6, 6.07) is 1.82. The average molecular weight is 321 g/mol. The molecule has 0 saturated carbocycles. The van der Waals surface area contributed by atoms with Gasteiger partial charge in [0.25, 0.3) is 5.91 Å². The van der Waals surface area contributed by atoms with Crippen LogP contribution in [0.1, 0.15) is 29.4 Å². The molecule has 1 aromatic heterocycles. The highest BCUT2D eigenvalue weighted by atomic mass is 32.2. The van der Waals surface area contributed by atoms with Gasteiger partial charge < -0.3 is 10.6 Å². The van der Waals surface area contributed by atoms with E-state index in [0.717, 1.165) is 12.1 Å². The van der Waals surface area contributed by atoms with E-state index in [1.54, 1.807) is 23.7 Å². The van der Waals surface area contributed by atoms with Gasteiger partial charge in [0.1, 0.15) is 11.5 Å². The number of halogens is 3. The van der Waals surface area contributed by atoms with E-state index in [0.29, 0.717) is 12.2 Å². The fraction of sp³-hybridized carbons (Fsp3) is 0.538. The van der Waals surface area contributed by atoms with E-state index < -0.39 is 17.8 Å². The van der Waals surface area contributed by atoms with Crippen molar-refractivity contribution >= 4 is 23.5 Å². The molecule has 0 saturated heterocycles. The van der Waals surface area contributed by atoms with Crippen LogP contribution in [-0.2, 0) is 6.18 Å². The van der Waals surface area contributed by atoms with Gasteiger partial charge in [0, 0.05) is 18.8 Å². The number of carbonyl (C=O) groups excluding carboxylic acids is 1. The minimum absolute atomic E-state index is 0.00921. The Bertz CT molecular complexity index is 508. The number of aromatic nitrogens is 1. The van der Waals surface area contributed by atoms with E-state index in [1.807, 2.05) is 13.2 Å². The van der Waals surface area contributed by atoms with Crippen molar-refractivity contribution in [3.05, 3.63) is 23.4 Å². The lowest BCUT2D eigenvalue weighted by atomic mass is 10.1. The molecule has 1 rings (SSSR count). The number of rotatable bonds is 6. The summed E-state index contributed by atoms with van der Waals surface area (Å²) in [6.07, 6.45) is -1.94. The monoisotopic (exact) mass is 321 g/mol. The second-order valence-electron chi connectivity index (χ2n) is 4.56. The largest absolute Gasteiger partial charge is 0.433 e. The maximum atomic E-state index is 12.8. The van der Waals surface area contributed by atoms with Crippen LogP contribution in [-0.4, -0.2) is 36.0 Å². The first kappa shape index (κ1) is 17.6. The van der Waals surface area contributed by atoms with E-state index in [9.17, 15) is 18.0 Å². The summed E-state index contributed by atoms with van der Waals surface area (Å²) in [7, 11) is 1.62. The molecule has 1 amide bonds. The van der Waals surface area contributed by atoms with Crippen LogP contribution in [0.3, 0.4) is 0 Å². The zero-order valence-electron chi connectivity index (χ0n) is 12.1. The average Bonchev–Trinajstić information content (AvgIpc) is 2.42. The maximum Gasteiger partial charge on any atom is 0.433 e. The minimum atomic E-state index is -4.56. The number of anilines is 1. The van der Waals surface area contributed by atoms with Crippen LogP contribution in [0, 0.1) is 0 Å². The number of pyridine rings is 1. The fourth-order valence-electron chi connectivity index (χ4n) is 1.94. The van der Waals surface area contributed by atoms with Crippen molar-refractivity contribution in [1.29, 1.82) is 0 Å². The first-order valence-corrected chi connectivity index (χ1v) is 7.71. The minimum Gasteiger partial charge on any atom is -0.365 e. The third-order valence-electron chi connectivity index (χ3n) is 3.14. The highest BCUT2D eigenvalue weighted by Crippen LogP contribution is 2.31. The Labute approximate surface area is 125 Å². The number of amides is 1. The number of nitrogens with zero attached hydrogens (tertiary/aromatic N) is 2. The molecular weight excluding hydrogens is 303 g/mol. The van der Waals surface area contributed by atoms with Crippen LogP contribution in [0.2, 0.25) is 0 Å². The molecule has 0 aliphatic carbocycles. The lowest BCUT2D eigenvalue weighted by Gasteiger charge is -2.29. The van der Waals surface area contributed by atoms with Crippen LogP contribution in [0.15, 0.2) is 12.1 Å². The van der Waals surface area contributed by atoms with Gasteiger partial charge in [0.2, 0.25) is 0 Å². The molecule has 0 radical (unpaired) electrons. The lowest BCUT2D eigenvalue weighted by molar-refractivity contribution is -0.141. The van der Waals surface area contributed by atoms with E-state index in [1.165, 1.54) is 0 Å². The van der Waals surface area contributed by atoms with Crippen molar-refractivity contribution in [2.24, 2.45) is 5.73 Å².